The molecule has 0 aliphatic carbocycles. The topological polar surface area (TPSA) is 86.8 Å². The van der Waals surface area contributed by atoms with Gasteiger partial charge in [0.05, 0.1) is 35.0 Å². The first-order chi connectivity index (χ1) is 17.4. The average Bonchev–Trinajstić information content (AvgIpc) is 3.01. The third-order valence-electron chi connectivity index (χ3n) is 6.26. The molecule has 3 rings (SSSR count). The number of nitrogens with zero attached hydrogens (tertiary/aromatic N) is 2. The molecule has 0 radical (unpaired) electrons. The molecule has 1 aliphatic heterocycles. The molecule has 0 unspecified atom stereocenters. The minimum absolute atomic E-state index is 0.395. The highest BCUT2D eigenvalue weighted by Crippen LogP contribution is 2.33. The van der Waals surface area contributed by atoms with Crippen LogP contribution in [0.5, 0.6) is 28.7 Å². The highest BCUT2D eigenvalue weighted by molar-refractivity contribution is 6.43. The number of carbonyl (C=O) groups excluding carboxylic acids is 2. The van der Waals surface area contributed by atoms with Crippen molar-refractivity contribution in [2.45, 2.75) is 19.3 Å². The maximum absolute atomic E-state index is 12.9. The average molecular weight is 501 g/mol. The van der Waals surface area contributed by atoms with Gasteiger partial charge in [-0.3, -0.25) is 9.59 Å². The summed E-state index contributed by atoms with van der Waals surface area (Å²) < 4.78 is 27.0. The summed E-state index contributed by atoms with van der Waals surface area (Å²) in [7, 11) is 8.30. The molecule has 1 aliphatic rings. The Morgan fingerprint density at radius 1 is 0.833 bits per heavy atom. The van der Waals surface area contributed by atoms with E-state index in [4.69, 9.17) is 23.7 Å². The largest absolute Gasteiger partial charge is 0.493 e. The van der Waals surface area contributed by atoms with Crippen molar-refractivity contribution < 1.29 is 33.3 Å². The minimum atomic E-state index is -0.496. The van der Waals surface area contributed by atoms with Crippen LogP contribution in [0.1, 0.15) is 28.8 Å². The van der Waals surface area contributed by atoms with E-state index in [1.165, 1.54) is 7.11 Å². The number of hydrogen-bond donors (Lipinski definition) is 0. The molecule has 0 atom stereocenters. The van der Waals surface area contributed by atoms with Gasteiger partial charge in [-0.1, -0.05) is 0 Å². The van der Waals surface area contributed by atoms with Gasteiger partial charge in [0, 0.05) is 31.3 Å². The van der Waals surface area contributed by atoms with Gasteiger partial charge in [-0.25, -0.2) is 0 Å². The van der Waals surface area contributed by atoms with E-state index in [0.29, 0.717) is 54.7 Å². The number of ketones is 1. The molecule has 0 fully saturated rings. The van der Waals surface area contributed by atoms with Crippen LogP contribution < -0.4 is 23.7 Å². The minimum Gasteiger partial charge on any atom is -0.493 e. The Kier molecular flexibility index (Phi) is 9.81. The molecule has 0 saturated heterocycles. The van der Waals surface area contributed by atoms with Gasteiger partial charge in [-0.15, -0.1) is 0 Å². The zero-order chi connectivity index (χ0) is 26.1. The lowest BCUT2D eigenvalue weighted by molar-refractivity contribution is -0.126. The predicted octanol–water partition coefficient (Wildman–Crippen LogP) is 3.08. The molecule has 2 aromatic carbocycles. The van der Waals surface area contributed by atoms with Crippen molar-refractivity contribution in [1.82, 2.24) is 9.80 Å². The number of amides is 1. The Bertz CT molecular complexity index is 1060. The van der Waals surface area contributed by atoms with E-state index in [-0.39, 0.29) is 0 Å². The van der Waals surface area contributed by atoms with Crippen molar-refractivity contribution in [2.75, 3.05) is 68.3 Å². The van der Waals surface area contributed by atoms with Crippen LogP contribution in [-0.2, 0) is 11.2 Å². The maximum atomic E-state index is 12.9. The van der Waals surface area contributed by atoms with E-state index in [1.807, 2.05) is 25.2 Å². The number of carbonyl (C=O) groups is 2. The molecule has 9 nitrogen and oxygen atoms in total. The first-order valence-electron chi connectivity index (χ1n) is 12.0. The molecule has 0 N–H and O–H groups in total. The van der Waals surface area contributed by atoms with E-state index in [1.54, 1.807) is 38.4 Å². The second-order valence-electron chi connectivity index (χ2n) is 8.61. The van der Waals surface area contributed by atoms with Gasteiger partial charge in [0.1, 0.15) is 5.75 Å². The van der Waals surface area contributed by atoms with Crippen molar-refractivity contribution in [3.8, 4) is 28.7 Å². The smallest absolute Gasteiger partial charge is 0.294 e. The van der Waals surface area contributed by atoms with Gasteiger partial charge >= 0.3 is 0 Å². The molecular formula is C27H36N2O7. The molecule has 36 heavy (non-hydrogen) atoms. The van der Waals surface area contributed by atoms with Gasteiger partial charge in [-0.2, -0.15) is 0 Å². The van der Waals surface area contributed by atoms with Crippen LogP contribution in [0.3, 0.4) is 0 Å². The molecule has 0 aromatic heterocycles. The highest BCUT2D eigenvalue weighted by Gasteiger charge is 2.30. The molecule has 1 heterocycles. The van der Waals surface area contributed by atoms with Crippen molar-refractivity contribution >= 4 is 11.7 Å². The Morgan fingerprint density at radius 3 is 2.17 bits per heavy atom. The van der Waals surface area contributed by atoms with Gasteiger partial charge in [0.25, 0.3) is 11.7 Å². The Morgan fingerprint density at radius 2 is 1.47 bits per heavy atom. The third-order valence-corrected chi connectivity index (χ3v) is 6.26. The number of benzene rings is 2. The molecule has 196 valence electrons. The van der Waals surface area contributed by atoms with Crippen LogP contribution in [0, 0.1) is 0 Å². The number of Topliss-reactive ketones (excluding diaryl/α,β-unsaturated/α-hetero) is 1. The lowest BCUT2D eigenvalue weighted by Crippen LogP contribution is -2.38. The second-order valence-corrected chi connectivity index (χ2v) is 8.61. The molecule has 9 heteroatoms. The zero-order valence-electron chi connectivity index (χ0n) is 21.8. The highest BCUT2D eigenvalue weighted by atomic mass is 16.5. The molecule has 2 aromatic rings. The third kappa shape index (κ3) is 6.60. The van der Waals surface area contributed by atoms with Crippen LogP contribution in [-0.4, -0.2) is 89.8 Å². The SMILES string of the molecule is COc1ccc(OCCCN(C)CCCN2CCc3cc(OC)c(OC)cc3C(=O)C2=O)cc1OC. The van der Waals surface area contributed by atoms with Crippen LogP contribution in [0.4, 0.5) is 0 Å². The lowest BCUT2D eigenvalue weighted by atomic mass is 10.0. The van der Waals surface area contributed by atoms with E-state index >= 15 is 0 Å². The number of ether oxygens (including phenoxy) is 5. The van der Waals surface area contributed by atoms with Gasteiger partial charge in [0.2, 0.25) is 0 Å². The van der Waals surface area contributed by atoms with E-state index < -0.39 is 11.7 Å². The van der Waals surface area contributed by atoms with Crippen molar-refractivity contribution in [2.24, 2.45) is 0 Å². The van der Waals surface area contributed by atoms with E-state index in [9.17, 15) is 9.59 Å². The van der Waals surface area contributed by atoms with E-state index in [2.05, 4.69) is 4.90 Å². The van der Waals surface area contributed by atoms with Gasteiger partial charge < -0.3 is 33.5 Å². The van der Waals surface area contributed by atoms with Crippen LogP contribution in [0.25, 0.3) is 0 Å². The monoisotopic (exact) mass is 500 g/mol. The summed E-state index contributed by atoms with van der Waals surface area (Å²) in [5.41, 5.74) is 1.20. The molecule has 0 saturated carbocycles. The fourth-order valence-electron chi connectivity index (χ4n) is 4.24. The normalized spacial score (nSPS) is 13.3. The Labute approximate surface area is 212 Å². The lowest BCUT2D eigenvalue weighted by Gasteiger charge is -2.22. The summed E-state index contributed by atoms with van der Waals surface area (Å²) in [5.74, 6) is 2.07. The first kappa shape index (κ1) is 27.1. The number of fused-ring (bicyclic) bond motifs is 1. The Balaban J connectivity index is 1.43. The summed E-state index contributed by atoms with van der Waals surface area (Å²) in [6, 6.07) is 8.89. The Hall–Kier alpha value is -3.46. The summed E-state index contributed by atoms with van der Waals surface area (Å²) in [6.45, 7) is 3.26. The fraction of sp³-hybridized carbons (Fsp3) is 0.481. The molecule has 0 spiro atoms. The van der Waals surface area contributed by atoms with Gasteiger partial charge in [0.15, 0.2) is 23.0 Å². The maximum Gasteiger partial charge on any atom is 0.294 e. The predicted molar refractivity (Wildman–Crippen MR) is 136 cm³/mol. The zero-order valence-corrected chi connectivity index (χ0v) is 21.8. The standard InChI is InChI=1S/C27H36N2O7/c1-28(12-7-15-36-20-8-9-22(32-2)24(17-20)34-4)11-6-13-29-14-10-19-16-23(33-3)25(35-5)18-21(19)26(30)27(29)31/h8-9,16-18H,6-7,10-15H2,1-5H3. The van der Waals surface area contributed by atoms with Crippen LogP contribution in [0.2, 0.25) is 0 Å². The number of rotatable bonds is 13. The van der Waals surface area contributed by atoms with Crippen molar-refractivity contribution in [3.05, 3.63) is 41.5 Å². The molecular weight excluding hydrogens is 464 g/mol. The van der Waals surface area contributed by atoms with Crippen molar-refractivity contribution in [1.29, 1.82) is 0 Å². The molecule has 1 amide bonds. The molecule has 0 bridgehead atoms. The summed E-state index contributed by atoms with van der Waals surface area (Å²) in [4.78, 5) is 29.5. The van der Waals surface area contributed by atoms with E-state index in [0.717, 1.165) is 37.2 Å². The summed E-state index contributed by atoms with van der Waals surface area (Å²) in [5, 5.41) is 0. The second kappa shape index (κ2) is 13.0. The van der Waals surface area contributed by atoms with Crippen molar-refractivity contribution in [3.63, 3.8) is 0 Å². The summed E-state index contributed by atoms with van der Waals surface area (Å²) >= 11 is 0. The first-order valence-corrected chi connectivity index (χ1v) is 12.0. The quantitative estimate of drug-likeness (QED) is 0.306. The number of methoxy groups -OCH3 is 4. The fourth-order valence-corrected chi connectivity index (χ4v) is 4.24. The van der Waals surface area contributed by atoms with Crippen LogP contribution in [0.15, 0.2) is 30.3 Å². The number of hydrogen-bond acceptors (Lipinski definition) is 8. The van der Waals surface area contributed by atoms with Gasteiger partial charge in [-0.05, 0) is 62.7 Å². The van der Waals surface area contributed by atoms with Crippen LogP contribution >= 0.6 is 0 Å². The summed E-state index contributed by atoms with van der Waals surface area (Å²) in [6.07, 6.45) is 2.22.